The Labute approximate surface area is 158 Å². The Balaban J connectivity index is 1.79. The van der Waals surface area contributed by atoms with Crippen LogP contribution in [0.4, 0.5) is 17.1 Å². The van der Waals surface area contributed by atoms with E-state index in [1.54, 1.807) is 30.3 Å². The van der Waals surface area contributed by atoms with Gasteiger partial charge >= 0.3 is 0 Å². The Kier molecular flexibility index (Phi) is 5.84. The highest BCUT2D eigenvalue weighted by Crippen LogP contribution is 2.22. The first kappa shape index (κ1) is 18.2. The molecule has 0 saturated carbocycles. The standard InChI is InChI=1S/C22H21N3O2/c1-2-23-21(26)16-9-8-12-18(15-16)25-22(27)19-13-6-7-14-20(19)24-17-10-4-3-5-11-17/h3-15,24H,2H2,1H3,(H,23,26)(H,25,27). The molecule has 3 aromatic carbocycles. The quantitative estimate of drug-likeness (QED) is 0.610. The number of nitrogens with one attached hydrogen (secondary N) is 3. The van der Waals surface area contributed by atoms with Crippen molar-refractivity contribution in [1.29, 1.82) is 0 Å². The van der Waals surface area contributed by atoms with Crippen molar-refractivity contribution in [3.63, 3.8) is 0 Å². The molecule has 0 saturated heterocycles. The highest BCUT2D eigenvalue weighted by molar-refractivity contribution is 6.09. The summed E-state index contributed by atoms with van der Waals surface area (Å²) in [5, 5.41) is 8.87. The minimum atomic E-state index is -0.248. The molecule has 5 heteroatoms. The van der Waals surface area contributed by atoms with Crippen LogP contribution in [0.1, 0.15) is 27.6 Å². The van der Waals surface area contributed by atoms with Gasteiger partial charge in [0.2, 0.25) is 0 Å². The predicted molar refractivity (Wildman–Crippen MR) is 109 cm³/mol. The molecule has 5 nitrogen and oxygen atoms in total. The number of benzene rings is 3. The van der Waals surface area contributed by atoms with Gasteiger partial charge in [0.25, 0.3) is 11.8 Å². The molecular weight excluding hydrogens is 338 g/mol. The smallest absolute Gasteiger partial charge is 0.257 e. The van der Waals surface area contributed by atoms with Gasteiger partial charge in [0.15, 0.2) is 0 Å². The van der Waals surface area contributed by atoms with Crippen LogP contribution in [-0.4, -0.2) is 18.4 Å². The fourth-order valence-corrected chi connectivity index (χ4v) is 2.67. The summed E-state index contributed by atoms with van der Waals surface area (Å²) < 4.78 is 0. The minimum Gasteiger partial charge on any atom is -0.355 e. The van der Waals surface area contributed by atoms with Gasteiger partial charge in [-0.25, -0.2) is 0 Å². The Morgan fingerprint density at radius 2 is 1.48 bits per heavy atom. The van der Waals surface area contributed by atoms with Crippen LogP contribution < -0.4 is 16.0 Å². The summed E-state index contributed by atoms with van der Waals surface area (Å²) in [6, 6.07) is 23.8. The average Bonchev–Trinajstić information content (AvgIpc) is 2.69. The second-order valence-electron chi connectivity index (χ2n) is 5.93. The molecule has 0 aliphatic heterocycles. The second kappa shape index (κ2) is 8.67. The maximum absolute atomic E-state index is 12.8. The first-order valence-electron chi connectivity index (χ1n) is 8.78. The van der Waals surface area contributed by atoms with Crippen LogP contribution in [0.2, 0.25) is 0 Å². The van der Waals surface area contributed by atoms with Crippen molar-refractivity contribution in [2.45, 2.75) is 6.92 Å². The molecule has 0 radical (unpaired) electrons. The maximum atomic E-state index is 12.8. The molecule has 3 rings (SSSR count). The van der Waals surface area contributed by atoms with Gasteiger partial charge in [-0.3, -0.25) is 9.59 Å². The van der Waals surface area contributed by atoms with E-state index in [1.807, 2.05) is 55.5 Å². The number of anilines is 3. The third kappa shape index (κ3) is 4.73. The van der Waals surface area contributed by atoms with Gasteiger partial charge in [0.1, 0.15) is 0 Å². The first-order chi connectivity index (χ1) is 13.2. The zero-order valence-corrected chi connectivity index (χ0v) is 15.0. The molecule has 0 heterocycles. The molecule has 0 aliphatic rings. The van der Waals surface area contributed by atoms with E-state index in [0.29, 0.717) is 29.0 Å². The van der Waals surface area contributed by atoms with Crippen molar-refractivity contribution in [2.75, 3.05) is 17.2 Å². The zero-order chi connectivity index (χ0) is 19.1. The zero-order valence-electron chi connectivity index (χ0n) is 15.0. The van der Waals surface area contributed by atoms with E-state index >= 15 is 0 Å². The van der Waals surface area contributed by atoms with Crippen molar-refractivity contribution >= 4 is 28.9 Å². The third-order valence-electron chi connectivity index (χ3n) is 3.94. The fourth-order valence-electron chi connectivity index (χ4n) is 2.67. The number of rotatable bonds is 6. The van der Waals surface area contributed by atoms with Gasteiger partial charge in [-0.05, 0) is 49.4 Å². The molecular formula is C22H21N3O2. The molecule has 0 aliphatic carbocycles. The lowest BCUT2D eigenvalue weighted by Crippen LogP contribution is -2.22. The highest BCUT2D eigenvalue weighted by Gasteiger charge is 2.12. The van der Waals surface area contributed by atoms with E-state index in [2.05, 4.69) is 16.0 Å². The van der Waals surface area contributed by atoms with Crippen LogP contribution in [-0.2, 0) is 0 Å². The van der Waals surface area contributed by atoms with Crippen LogP contribution in [0.15, 0.2) is 78.9 Å². The van der Waals surface area contributed by atoms with Crippen molar-refractivity contribution in [2.24, 2.45) is 0 Å². The lowest BCUT2D eigenvalue weighted by molar-refractivity contribution is 0.0954. The van der Waals surface area contributed by atoms with E-state index in [1.165, 1.54) is 0 Å². The average molecular weight is 359 g/mol. The molecule has 0 unspecified atom stereocenters. The molecule has 0 spiro atoms. The van der Waals surface area contributed by atoms with Gasteiger partial charge in [-0.1, -0.05) is 36.4 Å². The molecule has 27 heavy (non-hydrogen) atoms. The summed E-state index contributed by atoms with van der Waals surface area (Å²) in [6.07, 6.45) is 0. The van der Waals surface area contributed by atoms with E-state index in [0.717, 1.165) is 5.69 Å². The van der Waals surface area contributed by atoms with Crippen molar-refractivity contribution in [3.05, 3.63) is 90.0 Å². The summed E-state index contributed by atoms with van der Waals surface area (Å²) >= 11 is 0. The molecule has 0 bridgehead atoms. The molecule has 0 atom stereocenters. The van der Waals surface area contributed by atoms with Crippen molar-refractivity contribution < 1.29 is 9.59 Å². The van der Waals surface area contributed by atoms with Crippen molar-refractivity contribution in [1.82, 2.24) is 5.32 Å². The SMILES string of the molecule is CCNC(=O)c1cccc(NC(=O)c2ccccc2Nc2ccccc2)c1. The molecule has 3 aromatic rings. The third-order valence-corrected chi connectivity index (χ3v) is 3.94. The van der Waals surface area contributed by atoms with E-state index in [-0.39, 0.29) is 11.8 Å². The molecule has 3 N–H and O–H groups in total. The van der Waals surface area contributed by atoms with Gasteiger partial charge in [0.05, 0.1) is 11.3 Å². The van der Waals surface area contributed by atoms with Gasteiger partial charge in [-0.15, -0.1) is 0 Å². The lowest BCUT2D eigenvalue weighted by atomic mass is 10.1. The number of para-hydroxylation sites is 2. The fraction of sp³-hybridized carbons (Fsp3) is 0.0909. The molecule has 0 fully saturated rings. The van der Waals surface area contributed by atoms with Crippen molar-refractivity contribution in [3.8, 4) is 0 Å². The van der Waals surface area contributed by atoms with E-state index in [4.69, 9.17) is 0 Å². The van der Waals surface area contributed by atoms with Gasteiger partial charge < -0.3 is 16.0 Å². The van der Waals surface area contributed by atoms with E-state index in [9.17, 15) is 9.59 Å². The van der Waals surface area contributed by atoms with Crippen LogP contribution in [0.25, 0.3) is 0 Å². The molecule has 136 valence electrons. The summed E-state index contributed by atoms with van der Waals surface area (Å²) in [5.74, 6) is -0.415. The van der Waals surface area contributed by atoms with Crippen LogP contribution in [0.5, 0.6) is 0 Å². The van der Waals surface area contributed by atoms with E-state index < -0.39 is 0 Å². The number of carbonyl (C=O) groups is 2. The Morgan fingerprint density at radius 3 is 2.26 bits per heavy atom. The Bertz CT molecular complexity index is 939. The normalized spacial score (nSPS) is 10.1. The number of hydrogen-bond donors (Lipinski definition) is 3. The minimum absolute atomic E-state index is 0.167. The topological polar surface area (TPSA) is 70.2 Å². The monoisotopic (exact) mass is 359 g/mol. The lowest BCUT2D eigenvalue weighted by Gasteiger charge is -2.13. The van der Waals surface area contributed by atoms with Gasteiger partial charge in [0, 0.05) is 23.5 Å². The first-order valence-corrected chi connectivity index (χ1v) is 8.78. The highest BCUT2D eigenvalue weighted by atomic mass is 16.2. The van der Waals surface area contributed by atoms with Crippen LogP contribution in [0.3, 0.4) is 0 Å². The number of carbonyl (C=O) groups excluding carboxylic acids is 2. The Morgan fingerprint density at radius 1 is 0.778 bits per heavy atom. The summed E-state index contributed by atoms with van der Waals surface area (Å²) in [6.45, 7) is 2.41. The van der Waals surface area contributed by atoms with Gasteiger partial charge in [-0.2, -0.15) is 0 Å². The Hall–Kier alpha value is -3.60. The summed E-state index contributed by atoms with van der Waals surface area (Å²) in [5.41, 5.74) is 3.20. The summed E-state index contributed by atoms with van der Waals surface area (Å²) in [4.78, 5) is 24.8. The maximum Gasteiger partial charge on any atom is 0.257 e. The van der Waals surface area contributed by atoms with Crippen LogP contribution >= 0.6 is 0 Å². The summed E-state index contributed by atoms with van der Waals surface area (Å²) in [7, 11) is 0. The number of hydrogen-bond acceptors (Lipinski definition) is 3. The number of amides is 2. The molecule has 0 aromatic heterocycles. The second-order valence-corrected chi connectivity index (χ2v) is 5.93. The predicted octanol–water partition coefficient (Wildman–Crippen LogP) is 4.43. The van der Waals surface area contributed by atoms with Crippen LogP contribution in [0, 0.1) is 0 Å². The largest absolute Gasteiger partial charge is 0.355 e. The molecule has 2 amide bonds.